The van der Waals surface area contributed by atoms with Crippen LogP contribution >= 0.6 is 0 Å². The van der Waals surface area contributed by atoms with Gasteiger partial charge in [-0.15, -0.1) is 0 Å². The average molecular weight is 368 g/mol. The molecule has 0 aliphatic rings. The summed E-state index contributed by atoms with van der Waals surface area (Å²) in [7, 11) is 0. The summed E-state index contributed by atoms with van der Waals surface area (Å²) in [5, 5.41) is 31.5. The maximum absolute atomic E-state index is 10.8. The molecule has 0 amide bonds. The van der Waals surface area contributed by atoms with Gasteiger partial charge < -0.3 is 15.3 Å². The van der Waals surface area contributed by atoms with Crippen molar-refractivity contribution in [1.29, 1.82) is 0 Å². The van der Waals surface area contributed by atoms with E-state index in [1.807, 2.05) is 66.7 Å². The van der Waals surface area contributed by atoms with Crippen LogP contribution in [-0.2, 0) is 5.41 Å². The van der Waals surface area contributed by atoms with Crippen molar-refractivity contribution < 1.29 is 15.3 Å². The Morgan fingerprint density at radius 3 is 1.36 bits per heavy atom. The second-order valence-corrected chi connectivity index (χ2v) is 6.70. The Labute approximate surface area is 163 Å². The van der Waals surface area contributed by atoms with Crippen LogP contribution in [0.5, 0.6) is 17.2 Å². The van der Waals surface area contributed by atoms with Gasteiger partial charge in [0.25, 0.3) is 0 Å². The van der Waals surface area contributed by atoms with Crippen LogP contribution in [-0.4, -0.2) is 15.3 Å². The molecule has 28 heavy (non-hydrogen) atoms. The molecule has 0 aliphatic carbocycles. The minimum atomic E-state index is -0.967. The van der Waals surface area contributed by atoms with Gasteiger partial charge in [-0.05, 0) is 35.4 Å². The number of aromatic hydroxyl groups is 3. The van der Waals surface area contributed by atoms with Gasteiger partial charge in [-0.1, -0.05) is 78.9 Å². The third-order valence-corrected chi connectivity index (χ3v) is 5.12. The van der Waals surface area contributed by atoms with E-state index in [2.05, 4.69) is 0 Å². The van der Waals surface area contributed by atoms with Gasteiger partial charge in [0, 0.05) is 11.1 Å². The van der Waals surface area contributed by atoms with Crippen LogP contribution in [0.1, 0.15) is 22.3 Å². The van der Waals surface area contributed by atoms with Crippen molar-refractivity contribution in [1.82, 2.24) is 0 Å². The molecule has 3 N–H and O–H groups in total. The lowest BCUT2D eigenvalue weighted by Crippen LogP contribution is -2.31. The highest BCUT2D eigenvalue weighted by molar-refractivity contribution is 5.65. The summed E-state index contributed by atoms with van der Waals surface area (Å²) in [5.41, 5.74) is 2.04. The van der Waals surface area contributed by atoms with Crippen LogP contribution in [0.25, 0.3) is 0 Å². The fraction of sp³-hybridized carbons (Fsp3) is 0.0400. The molecule has 4 aromatic carbocycles. The maximum atomic E-state index is 10.8. The van der Waals surface area contributed by atoms with Gasteiger partial charge in [0.15, 0.2) is 0 Å². The van der Waals surface area contributed by atoms with Crippen molar-refractivity contribution in [2.24, 2.45) is 0 Å². The lowest BCUT2D eigenvalue weighted by molar-refractivity contribution is 0.447. The van der Waals surface area contributed by atoms with Crippen molar-refractivity contribution in [3.8, 4) is 17.2 Å². The minimum Gasteiger partial charge on any atom is -0.508 e. The zero-order chi connectivity index (χ0) is 19.6. The molecule has 0 spiro atoms. The molecular weight excluding hydrogens is 348 g/mol. The molecule has 0 aliphatic heterocycles. The highest BCUT2D eigenvalue weighted by atomic mass is 16.3. The van der Waals surface area contributed by atoms with Gasteiger partial charge >= 0.3 is 0 Å². The van der Waals surface area contributed by atoms with Gasteiger partial charge in [0.2, 0.25) is 0 Å². The molecule has 0 radical (unpaired) electrons. The summed E-state index contributed by atoms with van der Waals surface area (Å²) >= 11 is 0. The molecule has 3 heteroatoms. The highest BCUT2D eigenvalue weighted by Crippen LogP contribution is 2.50. The van der Waals surface area contributed by atoms with E-state index < -0.39 is 5.41 Å². The smallest absolute Gasteiger partial charge is 0.120 e. The zero-order valence-corrected chi connectivity index (χ0v) is 15.2. The van der Waals surface area contributed by atoms with Crippen molar-refractivity contribution in [3.63, 3.8) is 0 Å². The third kappa shape index (κ3) is 2.78. The predicted molar refractivity (Wildman–Crippen MR) is 110 cm³/mol. The minimum absolute atomic E-state index is 0.127. The first-order valence-electron chi connectivity index (χ1n) is 9.06. The topological polar surface area (TPSA) is 60.7 Å². The van der Waals surface area contributed by atoms with E-state index in [9.17, 15) is 15.3 Å². The SMILES string of the molecule is Oc1ccc(C(c2ccccc2)(c2ccccc2O)c2ccccc2O)cc1. The number of benzene rings is 4. The molecule has 0 fully saturated rings. The Bertz CT molecular complexity index is 1040. The van der Waals surface area contributed by atoms with E-state index in [-0.39, 0.29) is 17.2 Å². The molecule has 4 aromatic rings. The van der Waals surface area contributed by atoms with E-state index in [0.717, 1.165) is 11.1 Å². The number of para-hydroxylation sites is 2. The highest BCUT2D eigenvalue weighted by Gasteiger charge is 2.41. The summed E-state index contributed by atoms with van der Waals surface area (Å²) < 4.78 is 0. The van der Waals surface area contributed by atoms with E-state index in [0.29, 0.717) is 11.1 Å². The van der Waals surface area contributed by atoms with Crippen molar-refractivity contribution in [3.05, 3.63) is 125 Å². The lowest BCUT2D eigenvalue weighted by atomic mass is 9.64. The van der Waals surface area contributed by atoms with Crippen LogP contribution in [0.2, 0.25) is 0 Å². The van der Waals surface area contributed by atoms with Crippen LogP contribution in [0.3, 0.4) is 0 Å². The molecule has 0 saturated carbocycles. The molecule has 0 bridgehead atoms. The Hall–Kier alpha value is -3.72. The average Bonchev–Trinajstić information content (AvgIpc) is 2.73. The molecule has 0 heterocycles. The predicted octanol–water partition coefficient (Wildman–Crippen LogP) is 5.19. The van der Waals surface area contributed by atoms with Crippen LogP contribution < -0.4 is 0 Å². The summed E-state index contributed by atoms with van der Waals surface area (Å²) in [6.07, 6.45) is 0. The van der Waals surface area contributed by atoms with Crippen molar-refractivity contribution in [2.45, 2.75) is 5.41 Å². The normalized spacial score (nSPS) is 11.3. The monoisotopic (exact) mass is 368 g/mol. The largest absolute Gasteiger partial charge is 0.508 e. The lowest BCUT2D eigenvalue weighted by Gasteiger charge is -2.37. The second-order valence-electron chi connectivity index (χ2n) is 6.70. The number of hydrogen-bond donors (Lipinski definition) is 3. The first-order valence-corrected chi connectivity index (χ1v) is 9.06. The third-order valence-electron chi connectivity index (χ3n) is 5.12. The molecule has 0 unspecified atom stereocenters. The van der Waals surface area contributed by atoms with Gasteiger partial charge in [0.05, 0.1) is 5.41 Å². The number of hydrogen-bond acceptors (Lipinski definition) is 3. The van der Waals surface area contributed by atoms with Crippen molar-refractivity contribution >= 4 is 0 Å². The number of rotatable bonds is 4. The fourth-order valence-corrected chi connectivity index (χ4v) is 3.91. The summed E-state index contributed by atoms with van der Waals surface area (Å²) in [6.45, 7) is 0. The number of phenolic OH excluding ortho intramolecular Hbond substituents is 3. The quantitative estimate of drug-likeness (QED) is 0.435. The van der Waals surface area contributed by atoms with Crippen LogP contribution in [0, 0.1) is 0 Å². The van der Waals surface area contributed by atoms with Gasteiger partial charge in [0.1, 0.15) is 17.2 Å². The Morgan fingerprint density at radius 2 is 0.857 bits per heavy atom. The van der Waals surface area contributed by atoms with E-state index >= 15 is 0 Å². The first-order chi connectivity index (χ1) is 13.6. The molecule has 3 nitrogen and oxygen atoms in total. The summed E-state index contributed by atoms with van der Waals surface area (Å²) in [4.78, 5) is 0. The van der Waals surface area contributed by atoms with Gasteiger partial charge in [-0.25, -0.2) is 0 Å². The van der Waals surface area contributed by atoms with Gasteiger partial charge in [-0.3, -0.25) is 0 Å². The summed E-state index contributed by atoms with van der Waals surface area (Å²) in [6, 6.07) is 30.9. The van der Waals surface area contributed by atoms with E-state index in [1.54, 1.807) is 36.4 Å². The Balaban J connectivity index is 2.20. The Kier molecular flexibility index (Phi) is 4.50. The molecule has 138 valence electrons. The maximum Gasteiger partial charge on any atom is 0.120 e. The molecule has 0 aromatic heterocycles. The summed E-state index contributed by atoms with van der Waals surface area (Å²) in [5.74, 6) is 0.408. The van der Waals surface area contributed by atoms with E-state index in [4.69, 9.17) is 0 Å². The molecular formula is C25H20O3. The second kappa shape index (κ2) is 7.12. The van der Waals surface area contributed by atoms with Gasteiger partial charge in [-0.2, -0.15) is 0 Å². The molecule has 0 saturated heterocycles. The van der Waals surface area contributed by atoms with Crippen molar-refractivity contribution in [2.75, 3.05) is 0 Å². The Morgan fingerprint density at radius 1 is 0.429 bits per heavy atom. The fourth-order valence-electron chi connectivity index (χ4n) is 3.91. The zero-order valence-electron chi connectivity index (χ0n) is 15.2. The molecule has 0 atom stereocenters. The van der Waals surface area contributed by atoms with Crippen LogP contribution in [0.4, 0.5) is 0 Å². The van der Waals surface area contributed by atoms with Crippen LogP contribution in [0.15, 0.2) is 103 Å². The first kappa shape index (κ1) is 17.7. The number of phenols is 3. The molecule has 4 rings (SSSR count). The standard InChI is InChI=1S/C25H20O3/c26-20-16-14-19(15-17-20)25(18-8-2-1-3-9-18,21-10-4-6-12-23(21)27)22-11-5-7-13-24(22)28/h1-17,26-28H. The van der Waals surface area contributed by atoms with E-state index in [1.165, 1.54) is 0 Å².